The maximum atomic E-state index is 13.4. The molecule has 1 heterocycles. The molecule has 1 aliphatic heterocycles. The second-order valence-electron chi connectivity index (χ2n) is 4.97. The van der Waals surface area contributed by atoms with Crippen LogP contribution in [0.1, 0.15) is 22.7 Å². The molecule has 2 N–H and O–H groups in total. The first-order valence-corrected chi connectivity index (χ1v) is 6.52. The molecule has 0 saturated heterocycles. The van der Waals surface area contributed by atoms with E-state index in [9.17, 15) is 9.50 Å². The van der Waals surface area contributed by atoms with E-state index >= 15 is 0 Å². The van der Waals surface area contributed by atoms with Crippen molar-refractivity contribution >= 4 is 0 Å². The monoisotopic (exact) mass is 257 g/mol. The fourth-order valence-electron chi connectivity index (χ4n) is 2.66. The summed E-state index contributed by atoms with van der Waals surface area (Å²) in [6.07, 6.45) is 1.75. The Kier molecular flexibility index (Phi) is 3.22. The molecule has 1 aliphatic rings. The molecule has 2 aromatic rings. The smallest absolute Gasteiger partial charge is 0.123 e. The molecular formula is C16H16FNO. The molecule has 2 nitrogen and oxygen atoms in total. The standard InChI is InChI=1S/C16H16FNO/c17-13-4-3-12-7-8-18-16(15(12)10-13)9-11-1-5-14(19)6-2-11/h1-6,10,16,18-19H,7-9H2/t16-/m0/s1. The van der Waals surface area contributed by atoms with Crippen LogP contribution in [0.2, 0.25) is 0 Å². The molecule has 2 aromatic carbocycles. The Bertz CT molecular complexity index is 580. The maximum absolute atomic E-state index is 13.4. The van der Waals surface area contributed by atoms with Crippen molar-refractivity contribution in [2.75, 3.05) is 6.54 Å². The third-order valence-electron chi connectivity index (χ3n) is 3.64. The van der Waals surface area contributed by atoms with Crippen LogP contribution in [0.15, 0.2) is 42.5 Å². The van der Waals surface area contributed by atoms with Gasteiger partial charge in [-0.15, -0.1) is 0 Å². The molecule has 3 rings (SSSR count). The quantitative estimate of drug-likeness (QED) is 0.867. The Balaban J connectivity index is 1.87. The Morgan fingerprint density at radius 2 is 1.95 bits per heavy atom. The van der Waals surface area contributed by atoms with E-state index in [-0.39, 0.29) is 17.6 Å². The van der Waals surface area contributed by atoms with Crippen molar-refractivity contribution in [3.05, 3.63) is 65.0 Å². The number of aromatic hydroxyl groups is 1. The number of rotatable bonds is 2. The normalized spacial score (nSPS) is 18.1. The van der Waals surface area contributed by atoms with E-state index in [2.05, 4.69) is 5.32 Å². The van der Waals surface area contributed by atoms with Crippen LogP contribution in [0.4, 0.5) is 4.39 Å². The zero-order chi connectivity index (χ0) is 13.2. The van der Waals surface area contributed by atoms with Crippen LogP contribution in [-0.4, -0.2) is 11.7 Å². The minimum Gasteiger partial charge on any atom is -0.508 e. The predicted molar refractivity (Wildman–Crippen MR) is 72.7 cm³/mol. The summed E-state index contributed by atoms with van der Waals surface area (Å²) < 4.78 is 13.4. The molecule has 0 aromatic heterocycles. The number of hydrogen-bond donors (Lipinski definition) is 2. The molecule has 1 atom stereocenters. The molecule has 98 valence electrons. The minimum atomic E-state index is -0.182. The van der Waals surface area contributed by atoms with Gasteiger partial charge >= 0.3 is 0 Å². The first-order chi connectivity index (χ1) is 9.22. The van der Waals surface area contributed by atoms with E-state index in [1.54, 1.807) is 18.2 Å². The molecular weight excluding hydrogens is 241 g/mol. The SMILES string of the molecule is Oc1ccc(C[C@@H]2NCCc3ccc(F)cc32)cc1. The zero-order valence-electron chi connectivity index (χ0n) is 10.6. The molecule has 0 fully saturated rings. The van der Waals surface area contributed by atoms with E-state index in [1.165, 1.54) is 11.6 Å². The summed E-state index contributed by atoms with van der Waals surface area (Å²) in [4.78, 5) is 0. The predicted octanol–water partition coefficient (Wildman–Crippen LogP) is 2.96. The number of phenolic OH excluding ortho intramolecular Hbond substituents is 1. The highest BCUT2D eigenvalue weighted by molar-refractivity contribution is 5.35. The van der Waals surface area contributed by atoms with Crippen LogP contribution in [0.25, 0.3) is 0 Å². The van der Waals surface area contributed by atoms with E-state index in [0.717, 1.165) is 30.5 Å². The molecule has 0 amide bonds. The molecule has 0 bridgehead atoms. The van der Waals surface area contributed by atoms with E-state index in [0.29, 0.717) is 0 Å². The summed E-state index contributed by atoms with van der Waals surface area (Å²) in [6.45, 7) is 0.918. The van der Waals surface area contributed by atoms with E-state index in [4.69, 9.17) is 0 Å². The van der Waals surface area contributed by atoms with Crippen LogP contribution in [-0.2, 0) is 12.8 Å². The van der Waals surface area contributed by atoms with E-state index < -0.39 is 0 Å². The fourth-order valence-corrected chi connectivity index (χ4v) is 2.66. The van der Waals surface area contributed by atoms with Crippen LogP contribution < -0.4 is 5.32 Å². The Hall–Kier alpha value is -1.87. The van der Waals surface area contributed by atoms with Gasteiger partial charge in [0.15, 0.2) is 0 Å². The topological polar surface area (TPSA) is 32.3 Å². The van der Waals surface area contributed by atoms with Crippen LogP contribution in [0.3, 0.4) is 0 Å². The van der Waals surface area contributed by atoms with Gasteiger partial charge in [-0.2, -0.15) is 0 Å². The van der Waals surface area contributed by atoms with Crippen molar-refractivity contribution in [3.63, 3.8) is 0 Å². The summed E-state index contributed by atoms with van der Waals surface area (Å²) in [5.74, 6) is 0.0879. The summed E-state index contributed by atoms with van der Waals surface area (Å²) in [6, 6.07) is 12.4. The zero-order valence-corrected chi connectivity index (χ0v) is 10.6. The third-order valence-corrected chi connectivity index (χ3v) is 3.64. The van der Waals surface area contributed by atoms with Crippen LogP contribution in [0, 0.1) is 5.82 Å². The number of nitrogens with one attached hydrogen (secondary N) is 1. The van der Waals surface area contributed by atoms with Crippen molar-refractivity contribution in [3.8, 4) is 5.75 Å². The molecule has 0 unspecified atom stereocenters. The van der Waals surface area contributed by atoms with Gasteiger partial charge in [-0.25, -0.2) is 4.39 Å². The molecule has 3 heteroatoms. The van der Waals surface area contributed by atoms with Crippen LogP contribution in [0.5, 0.6) is 5.75 Å². The molecule has 19 heavy (non-hydrogen) atoms. The first-order valence-electron chi connectivity index (χ1n) is 6.52. The van der Waals surface area contributed by atoms with Crippen molar-refractivity contribution < 1.29 is 9.50 Å². The summed E-state index contributed by atoms with van der Waals surface area (Å²) in [5.41, 5.74) is 3.41. The van der Waals surface area contributed by atoms with E-state index in [1.807, 2.05) is 18.2 Å². The lowest BCUT2D eigenvalue weighted by Gasteiger charge is -2.27. The Labute approximate surface area is 111 Å². The Morgan fingerprint density at radius 1 is 1.16 bits per heavy atom. The maximum Gasteiger partial charge on any atom is 0.123 e. The van der Waals surface area contributed by atoms with Gasteiger partial charge in [0.05, 0.1) is 0 Å². The fraction of sp³-hybridized carbons (Fsp3) is 0.250. The first kappa shape index (κ1) is 12.2. The second kappa shape index (κ2) is 5.02. The average molecular weight is 257 g/mol. The molecule has 0 aliphatic carbocycles. The van der Waals surface area contributed by atoms with Crippen molar-refractivity contribution in [2.45, 2.75) is 18.9 Å². The van der Waals surface area contributed by atoms with Crippen LogP contribution >= 0.6 is 0 Å². The van der Waals surface area contributed by atoms with Crippen molar-refractivity contribution in [1.29, 1.82) is 0 Å². The average Bonchev–Trinajstić information content (AvgIpc) is 2.42. The van der Waals surface area contributed by atoms with Gasteiger partial charge in [0.1, 0.15) is 11.6 Å². The number of hydrogen-bond acceptors (Lipinski definition) is 2. The van der Waals surface area contributed by atoms with Crippen molar-refractivity contribution in [2.24, 2.45) is 0 Å². The van der Waals surface area contributed by atoms with Gasteiger partial charge in [0.25, 0.3) is 0 Å². The third kappa shape index (κ3) is 2.61. The van der Waals surface area contributed by atoms with Gasteiger partial charge < -0.3 is 10.4 Å². The van der Waals surface area contributed by atoms with Crippen molar-refractivity contribution in [1.82, 2.24) is 5.32 Å². The highest BCUT2D eigenvalue weighted by Crippen LogP contribution is 2.27. The van der Waals surface area contributed by atoms with Gasteiger partial charge in [0, 0.05) is 6.04 Å². The summed E-state index contributed by atoms with van der Waals surface area (Å²) >= 11 is 0. The molecule has 0 radical (unpaired) electrons. The van der Waals surface area contributed by atoms with Gasteiger partial charge in [-0.05, 0) is 60.3 Å². The van der Waals surface area contributed by atoms with Gasteiger partial charge in [-0.3, -0.25) is 0 Å². The number of halogens is 1. The lowest BCUT2D eigenvalue weighted by molar-refractivity contribution is 0.473. The number of benzene rings is 2. The largest absolute Gasteiger partial charge is 0.508 e. The highest BCUT2D eigenvalue weighted by Gasteiger charge is 2.20. The molecule has 0 saturated carbocycles. The lowest BCUT2D eigenvalue weighted by atomic mass is 9.90. The lowest BCUT2D eigenvalue weighted by Crippen LogP contribution is -2.31. The summed E-state index contributed by atoms with van der Waals surface area (Å²) in [7, 11) is 0. The minimum absolute atomic E-state index is 0.143. The van der Waals surface area contributed by atoms with Gasteiger partial charge in [-0.1, -0.05) is 18.2 Å². The molecule has 0 spiro atoms. The van der Waals surface area contributed by atoms with Gasteiger partial charge in [0.2, 0.25) is 0 Å². The highest BCUT2D eigenvalue weighted by atomic mass is 19.1. The second-order valence-corrected chi connectivity index (χ2v) is 4.97. The Morgan fingerprint density at radius 3 is 2.74 bits per heavy atom. The summed E-state index contributed by atoms with van der Waals surface area (Å²) in [5, 5.41) is 12.7. The number of phenols is 1. The number of fused-ring (bicyclic) bond motifs is 1.